The zero-order chi connectivity index (χ0) is 16.4. The zero-order valence-electron chi connectivity index (χ0n) is 12.1. The molecule has 23 heavy (non-hydrogen) atoms. The SMILES string of the molecule is CS(=O)(=O)n1nc(-c2ccco2)nc1NCc1cccc(Cl)c1. The van der Waals surface area contributed by atoms with Crippen LogP contribution in [0, 0.1) is 0 Å². The lowest BCUT2D eigenvalue weighted by Gasteiger charge is -2.06. The Morgan fingerprint density at radius 3 is 2.78 bits per heavy atom. The molecule has 0 fully saturated rings. The summed E-state index contributed by atoms with van der Waals surface area (Å²) in [4.78, 5) is 4.19. The number of anilines is 1. The molecule has 0 aliphatic rings. The third-order valence-corrected chi connectivity index (χ3v) is 4.09. The largest absolute Gasteiger partial charge is 0.461 e. The molecule has 9 heteroatoms. The van der Waals surface area contributed by atoms with E-state index in [4.69, 9.17) is 16.0 Å². The molecule has 0 amide bonds. The Bertz CT molecular complexity index is 919. The number of hydrogen-bond donors (Lipinski definition) is 1. The van der Waals surface area contributed by atoms with Crippen molar-refractivity contribution in [2.24, 2.45) is 0 Å². The van der Waals surface area contributed by atoms with Crippen LogP contribution in [0.15, 0.2) is 47.1 Å². The number of rotatable bonds is 5. The quantitative estimate of drug-likeness (QED) is 0.759. The van der Waals surface area contributed by atoms with Gasteiger partial charge in [0.15, 0.2) is 5.76 Å². The Morgan fingerprint density at radius 2 is 2.13 bits per heavy atom. The van der Waals surface area contributed by atoms with Gasteiger partial charge in [0.25, 0.3) is 10.0 Å². The van der Waals surface area contributed by atoms with Crippen LogP contribution in [-0.4, -0.2) is 28.8 Å². The number of aromatic nitrogens is 3. The van der Waals surface area contributed by atoms with Gasteiger partial charge in [-0.1, -0.05) is 23.7 Å². The van der Waals surface area contributed by atoms with Crippen molar-refractivity contribution >= 4 is 27.6 Å². The molecule has 0 bridgehead atoms. The second kappa shape index (κ2) is 6.05. The molecule has 0 unspecified atom stereocenters. The van der Waals surface area contributed by atoms with E-state index < -0.39 is 10.0 Å². The highest BCUT2D eigenvalue weighted by Crippen LogP contribution is 2.20. The summed E-state index contributed by atoms with van der Waals surface area (Å²) in [6, 6.07) is 10.6. The summed E-state index contributed by atoms with van der Waals surface area (Å²) in [6.45, 7) is 0.354. The molecule has 1 aromatic carbocycles. The van der Waals surface area contributed by atoms with Crippen molar-refractivity contribution in [3.8, 4) is 11.6 Å². The minimum Gasteiger partial charge on any atom is -0.461 e. The smallest absolute Gasteiger partial charge is 0.254 e. The Labute approximate surface area is 138 Å². The lowest BCUT2D eigenvalue weighted by molar-refractivity contribution is 0.575. The van der Waals surface area contributed by atoms with E-state index in [1.165, 1.54) is 6.26 Å². The van der Waals surface area contributed by atoms with Crippen molar-refractivity contribution in [2.75, 3.05) is 11.6 Å². The maximum atomic E-state index is 11.9. The van der Waals surface area contributed by atoms with E-state index in [1.54, 1.807) is 24.3 Å². The molecule has 0 saturated heterocycles. The highest BCUT2D eigenvalue weighted by molar-refractivity contribution is 7.89. The first-order valence-corrected chi connectivity index (χ1v) is 8.86. The first kappa shape index (κ1) is 15.6. The molecular weight excluding hydrogens is 340 g/mol. The monoisotopic (exact) mass is 352 g/mol. The molecule has 0 radical (unpaired) electrons. The number of furan rings is 1. The molecule has 0 saturated carbocycles. The van der Waals surface area contributed by atoms with E-state index >= 15 is 0 Å². The van der Waals surface area contributed by atoms with Gasteiger partial charge in [-0.25, -0.2) is 8.42 Å². The summed E-state index contributed by atoms with van der Waals surface area (Å²) in [6.07, 6.45) is 2.52. The first-order chi connectivity index (χ1) is 10.9. The topological polar surface area (TPSA) is 90.0 Å². The van der Waals surface area contributed by atoms with Crippen molar-refractivity contribution in [1.29, 1.82) is 0 Å². The van der Waals surface area contributed by atoms with Gasteiger partial charge in [-0.15, -0.1) is 9.19 Å². The van der Waals surface area contributed by atoms with Crippen LogP contribution in [0.4, 0.5) is 5.95 Å². The highest BCUT2D eigenvalue weighted by atomic mass is 35.5. The number of nitrogens with zero attached hydrogens (tertiary/aromatic N) is 3. The van der Waals surface area contributed by atoms with Gasteiger partial charge in [0.1, 0.15) is 0 Å². The van der Waals surface area contributed by atoms with Crippen LogP contribution in [0.5, 0.6) is 0 Å². The zero-order valence-corrected chi connectivity index (χ0v) is 13.7. The first-order valence-electron chi connectivity index (χ1n) is 6.63. The third kappa shape index (κ3) is 3.54. The molecule has 0 aliphatic heterocycles. The van der Waals surface area contributed by atoms with Crippen molar-refractivity contribution in [3.63, 3.8) is 0 Å². The number of hydrogen-bond acceptors (Lipinski definition) is 6. The van der Waals surface area contributed by atoms with Gasteiger partial charge < -0.3 is 9.73 Å². The fraction of sp³-hybridized carbons (Fsp3) is 0.143. The average Bonchev–Trinajstić information content (AvgIpc) is 3.13. The molecule has 3 rings (SSSR count). The normalized spacial score (nSPS) is 11.6. The Balaban J connectivity index is 1.91. The molecule has 3 aromatic rings. The fourth-order valence-corrected chi connectivity index (χ4v) is 2.83. The Hall–Kier alpha value is -2.32. The van der Waals surface area contributed by atoms with Crippen LogP contribution in [0.1, 0.15) is 5.56 Å². The van der Waals surface area contributed by atoms with Gasteiger partial charge in [-0.2, -0.15) is 4.98 Å². The molecule has 120 valence electrons. The van der Waals surface area contributed by atoms with Gasteiger partial charge in [0.2, 0.25) is 11.8 Å². The van der Waals surface area contributed by atoms with Crippen molar-refractivity contribution in [2.45, 2.75) is 6.54 Å². The predicted molar refractivity (Wildman–Crippen MR) is 86.7 cm³/mol. The van der Waals surface area contributed by atoms with Gasteiger partial charge in [-0.05, 0) is 29.8 Å². The maximum Gasteiger partial charge on any atom is 0.254 e. The van der Waals surface area contributed by atoms with Gasteiger partial charge in [0, 0.05) is 11.6 Å². The molecule has 0 aliphatic carbocycles. The van der Waals surface area contributed by atoms with E-state index in [2.05, 4.69) is 15.4 Å². The predicted octanol–water partition coefficient (Wildman–Crippen LogP) is 2.61. The van der Waals surface area contributed by atoms with E-state index in [1.807, 2.05) is 12.1 Å². The van der Waals surface area contributed by atoms with Crippen molar-refractivity contribution in [1.82, 2.24) is 14.2 Å². The minimum absolute atomic E-state index is 0.110. The molecular formula is C14H13ClN4O3S. The van der Waals surface area contributed by atoms with Crippen molar-refractivity contribution < 1.29 is 12.8 Å². The van der Waals surface area contributed by atoms with Crippen LogP contribution < -0.4 is 5.32 Å². The summed E-state index contributed by atoms with van der Waals surface area (Å²) >= 11 is 5.93. The Morgan fingerprint density at radius 1 is 1.30 bits per heavy atom. The number of benzene rings is 1. The van der Waals surface area contributed by atoms with Crippen molar-refractivity contribution in [3.05, 3.63) is 53.2 Å². The number of halogens is 1. The fourth-order valence-electron chi connectivity index (χ4n) is 1.98. The van der Waals surface area contributed by atoms with Crippen LogP contribution >= 0.6 is 11.6 Å². The van der Waals surface area contributed by atoms with E-state index in [-0.39, 0.29) is 11.8 Å². The molecule has 7 nitrogen and oxygen atoms in total. The summed E-state index contributed by atoms with van der Waals surface area (Å²) < 4.78 is 29.8. The molecule has 2 aromatic heterocycles. The number of nitrogens with one attached hydrogen (secondary N) is 1. The summed E-state index contributed by atoms with van der Waals surface area (Å²) in [5.74, 6) is 0.686. The van der Waals surface area contributed by atoms with Gasteiger partial charge >= 0.3 is 0 Å². The summed E-state index contributed by atoms with van der Waals surface area (Å²) in [5.41, 5.74) is 0.889. The minimum atomic E-state index is -3.60. The van der Waals surface area contributed by atoms with Gasteiger partial charge in [-0.3, -0.25) is 0 Å². The highest BCUT2D eigenvalue weighted by Gasteiger charge is 2.19. The third-order valence-electron chi connectivity index (χ3n) is 2.97. The lowest BCUT2D eigenvalue weighted by Crippen LogP contribution is -2.16. The maximum absolute atomic E-state index is 11.9. The standard InChI is InChI=1S/C14H13ClN4O3S/c1-23(20,21)19-14(16-9-10-4-2-5-11(15)8-10)17-13(18-19)12-6-3-7-22-12/h2-8H,9H2,1H3,(H,16,17,18). The molecule has 0 spiro atoms. The molecule has 2 heterocycles. The second-order valence-corrected chi connectivity index (χ2v) is 7.07. The lowest BCUT2D eigenvalue weighted by atomic mass is 10.2. The van der Waals surface area contributed by atoms with Crippen LogP contribution in [-0.2, 0) is 16.6 Å². The Kier molecular flexibility index (Phi) is 4.10. The van der Waals surface area contributed by atoms with Crippen LogP contribution in [0.2, 0.25) is 5.02 Å². The summed E-state index contributed by atoms with van der Waals surface area (Å²) in [5, 5.41) is 7.55. The second-order valence-electron chi connectivity index (χ2n) is 4.83. The average molecular weight is 353 g/mol. The molecule has 1 N–H and O–H groups in total. The van der Waals surface area contributed by atoms with E-state index in [0.717, 1.165) is 15.9 Å². The summed E-state index contributed by atoms with van der Waals surface area (Å²) in [7, 11) is -3.60. The van der Waals surface area contributed by atoms with E-state index in [9.17, 15) is 8.42 Å². The van der Waals surface area contributed by atoms with Crippen LogP contribution in [0.3, 0.4) is 0 Å². The van der Waals surface area contributed by atoms with Gasteiger partial charge in [0.05, 0.1) is 12.5 Å². The molecule has 0 atom stereocenters. The van der Waals surface area contributed by atoms with E-state index in [0.29, 0.717) is 17.3 Å². The van der Waals surface area contributed by atoms with Crippen LogP contribution in [0.25, 0.3) is 11.6 Å².